The minimum atomic E-state index is -5.03. The van der Waals surface area contributed by atoms with Gasteiger partial charge in [0.1, 0.15) is 0 Å². The molecule has 1 atom stereocenters. The largest absolute Gasteiger partial charge is 0.465 e. The number of carbonyl (C=O) groups is 2. The fraction of sp³-hybridized carbons (Fsp3) is 0.750. The maximum absolute atomic E-state index is 12.5. The zero-order valence-electron chi connectivity index (χ0n) is 9.00. The summed E-state index contributed by atoms with van der Waals surface area (Å²) >= 11 is 0. The minimum absolute atomic E-state index is 0.00463. The van der Waals surface area contributed by atoms with Crippen molar-refractivity contribution >= 4 is 12.0 Å². The monoisotopic (exact) mass is 242 g/mol. The van der Waals surface area contributed by atoms with Crippen LogP contribution < -0.4 is 5.73 Å². The van der Waals surface area contributed by atoms with Crippen LogP contribution in [0.1, 0.15) is 20.8 Å². The molecule has 0 aromatic heterocycles. The smallest absolute Gasteiger partial charge is 0.418 e. The molecule has 0 heterocycles. The standard InChI is InChI=1S/C8H13F3N2O3/c1-7(2,3)13(6(15)16)4(5(12)14)8(9,10)11/h4H,1-3H3,(H2,12,14)(H,15,16)/t4-/m1/s1. The quantitative estimate of drug-likeness (QED) is 0.762. The molecule has 16 heavy (non-hydrogen) atoms. The molecule has 2 amide bonds. The van der Waals surface area contributed by atoms with Crippen LogP contribution >= 0.6 is 0 Å². The summed E-state index contributed by atoms with van der Waals surface area (Å²) in [5.41, 5.74) is 3.21. The predicted octanol–water partition coefficient (Wildman–Crippen LogP) is 1.18. The normalized spacial score (nSPS) is 14.4. The summed E-state index contributed by atoms with van der Waals surface area (Å²) in [6.45, 7) is 3.72. The highest BCUT2D eigenvalue weighted by Gasteiger charge is 2.52. The molecule has 0 aliphatic rings. The first-order valence-electron chi connectivity index (χ1n) is 4.27. The number of hydrogen-bond acceptors (Lipinski definition) is 2. The summed E-state index contributed by atoms with van der Waals surface area (Å²) in [4.78, 5) is 21.5. The van der Waals surface area contributed by atoms with Crippen LogP contribution in [-0.2, 0) is 4.79 Å². The Bertz CT molecular complexity index is 266. The van der Waals surface area contributed by atoms with Crippen molar-refractivity contribution in [1.29, 1.82) is 0 Å². The average Bonchev–Trinajstić information content (AvgIpc) is 1.92. The Morgan fingerprint density at radius 3 is 1.69 bits per heavy atom. The second kappa shape index (κ2) is 4.18. The fourth-order valence-corrected chi connectivity index (χ4v) is 1.22. The van der Waals surface area contributed by atoms with E-state index < -0.39 is 29.8 Å². The molecular formula is C8H13F3N2O3. The van der Waals surface area contributed by atoms with Crippen LogP contribution in [0.3, 0.4) is 0 Å². The van der Waals surface area contributed by atoms with Crippen LogP contribution in [0.5, 0.6) is 0 Å². The van der Waals surface area contributed by atoms with Gasteiger partial charge in [-0.15, -0.1) is 0 Å². The van der Waals surface area contributed by atoms with Gasteiger partial charge >= 0.3 is 12.3 Å². The van der Waals surface area contributed by atoms with E-state index in [1.807, 2.05) is 0 Å². The highest BCUT2D eigenvalue weighted by Crippen LogP contribution is 2.29. The zero-order chi connectivity index (χ0) is 13.3. The third-order valence-corrected chi connectivity index (χ3v) is 1.77. The Morgan fingerprint density at radius 1 is 1.25 bits per heavy atom. The number of amides is 2. The molecule has 3 N–H and O–H groups in total. The molecule has 0 spiro atoms. The lowest BCUT2D eigenvalue weighted by Crippen LogP contribution is -2.61. The third kappa shape index (κ3) is 3.28. The first-order valence-corrected chi connectivity index (χ1v) is 4.27. The topological polar surface area (TPSA) is 83.6 Å². The number of carboxylic acid groups (broad SMARTS) is 1. The number of rotatable bonds is 2. The van der Waals surface area contributed by atoms with Crippen molar-refractivity contribution in [2.75, 3.05) is 0 Å². The molecule has 0 rings (SSSR count). The van der Waals surface area contributed by atoms with Gasteiger partial charge in [0.05, 0.1) is 0 Å². The molecule has 8 heteroatoms. The summed E-state index contributed by atoms with van der Waals surface area (Å²) in [5.74, 6) is -1.75. The number of halogens is 3. The minimum Gasteiger partial charge on any atom is -0.465 e. The number of carbonyl (C=O) groups excluding carboxylic acids is 1. The first-order chi connectivity index (χ1) is 6.89. The van der Waals surface area contributed by atoms with Crippen molar-refractivity contribution in [2.24, 2.45) is 5.73 Å². The summed E-state index contributed by atoms with van der Waals surface area (Å²) in [6, 6.07) is -2.84. The van der Waals surface area contributed by atoms with Gasteiger partial charge in [-0.1, -0.05) is 0 Å². The molecule has 0 aliphatic heterocycles. The zero-order valence-corrected chi connectivity index (χ0v) is 9.00. The maximum Gasteiger partial charge on any atom is 0.418 e. The lowest BCUT2D eigenvalue weighted by Gasteiger charge is -2.38. The SMILES string of the molecule is CC(C)(C)N(C(=O)O)[C@H](C(N)=O)C(F)(F)F. The number of nitrogens with zero attached hydrogens (tertiary/aromatic N) is 1. The molecule has 0 aromatic carbocycles. The van der Waals surface area contributed by atoms with Crippen molar-refractivity contribution in [3.63, 3.8) is 0 Å². The van der Waals surface area contributed by atoms with E-state index >= 15 is 0 Å². The average molecular weight is 242 g/mol. The molecule has 0 saturated heterocycles. The maximum atomic E-state index is 12.5. The number of nitrogens with two attached hydrogens (primary N) is 1. The van der Waals surface area contributed by atoms with Gasteiger partial charge in [0.25, 0.3) is 0 Å². The van der Waals surface area contributed by atoms with E-state index in [1.54, 1.807) is 0 Å². The van der Waals surface area contributed by atoms with Gasteiger partial charge in [-0.3, -0.25) is 9.69 Å². The lowest BCUT2D eigenvalue weighted by atomic mass is 10.0. The van der Waals surface area contributed by atoms with Crippen molar-refractivity contribution in [2.45, 2.75) is 38.5 Å². The Kier molecular flexibility index (Phi) is 3.80. The van der Waals surface area contributed by atoms with Gasteiger partial charge in [0.2, 0.25) is 11.9 Å². The molecule has 0 unspecified atom stereocenters. The highest BCUT2D eigenvalue weighted by molar-refractivity contribution is 5.85. The summed E-state index contributed by atoms with van der Waals surface area (Å²) in [7, 11) is 0. The Labute approximate surface area is 90.0 Å². The first kappa shape index (κ1) is 14.5. The molecule has 0 bridgehead atoms. The molecule has 5 nitrogen and oxygen atoms in total. The van der Waals surface area contributed by atoms with E-state index in [0.717, 1.165) is 0 Å². The van der Waals surface area contributed by atoms with Crippen LogP contribution in [-0.4, -0.2) is 39.8 Å². The van der Waals surface area contributed by atoms with Crippen LogP contribution in [0.2, 0.25) is 0 Å². The van der Waals surface area contributed by atoms with E-state index in [2.05, 4.69) is 5.73 Å². The van der Waals surface area contributed by atoms with E-state index in [0.29, 0.717) is 0 Å². The van der Waals surface area contributed by atoms with Gasteiger partial charge in [0, 0.05) is 5.54 Å². The molecular weight excluding hydrogens is 229 g/mol. The summed E-state index contributed by atoms with van der Waals surface area (Å²) < 4.78 is 37.5. The van der Waals surface area contributed by atoms with Crippen LogP contribution in [0, 0.1) is 0 Å². The summed E-state index contributed by atoms with van der Waals surface area (Å²) in [6.07, 6.45) is -6.88. The number of hydrogen-bond donors (Lipinski definition) is 2. The molecule has 0 fully saturated rings. The second-order valence-electron chi connectivity index (χ2n) is 4.17. The number of alkyl halides is 3. The van der Waals surface area contributed by atoms with E-state index in [1.165, 1.54) is 20.8 Å². The van der Waals surface area contributed by atoms with Crippen molar-refractivity contribution in [1.82, 2.24) is 4.90 Å². The van der Waals surface area contributed by atoms with Crippen molar-refractivity contribution in [3.8, 4) is 0 Å². The third-order valence-electron chi connectivity index (χ3n) is 1.77. The Hall–Kier alpha value is -1.47. The van der Waals surface area contributed by atoms with Crippen LogP contribution in [0.4, 0.5) is 18.0 Å². The van der Waals surface area contributed by atoms with E-state index in [4.69, 9.17) is 5.11 Å². The highest BCUT2D eigenvalue weighted by atomic mass is 19.4. The van der Waals surface area contributed by atoms with E-state index in [9.17, 15) is 22.8 Å². The van der Waals surface area contributed by atoms with Crippen molar-refractivity contribution < 1.29 is 27.9 Å². The predicted molar refractivity (Wildman–Crippen MR) is 48.7 cm³/mol. The fourth-order valence-electron chi connectivity index (χ4n) is 1.22. The molecule has 0 radical (unpaired) electrons. The second-order valence-corrected chi connectivity index (χ2v) is 4.17. The molecule has 0 aliphatic carbocycles. The van der Waals surface area contributed by atoms with Gasteiger partial charge in [-0.25, -0.2) is 4.79 Å². The number of primary amides is 1. The lowest BCUT2D eigenvalue weighted by molar-refractivity contribution is -0.191. The van der Waals surface area contributed by atoms with Gasteiger partial charge in [-0.05, 0) is 20.8 Å². The van der Waals surface area contributed by atoms with Gasteiger partial charge in [-0.2, -0.15) is 13.2 Å². The molecule has 0 aromatic rings. The summed E-state index contributed by atoms with van der Waals surface area (Å²) in [5, 5.41) is 8.71. The Morgan fingerprint density at radius 2 is 1.62 bits per heavy atom. The van der Waals surface area contributed by atoms with Gasteiger partial charge in [0.15, 0.2) is 0 Å². The Balaban J connectivity index is 5.48. The van der Waals surface area contributed by atoms with Crippen LogP contribution in [0.15, 0.2) is 0 Å². The molecule has 94 valence electrons. The van der Waals surface area contributed by atoms with Crippen LogP contribution in [0.25, 0.3) is 0 Å². The van der Waals surface area contributed by atoms with Crippen molar-refractivity contribution in [3.05, 3.63) is 0 Å². The molecule has 0 saturated carbocycles. The van der Waals surface area contributed by atoms with Gasteiger partial charge < -0.3 is 10.8 Å². The van der Waals surface area contributed by atoms with E-state index in [-0.39, 0.29) is 4.90 Å².